The predicted octanol–water partition coefficient (Wildman–Crippen LogP) is 3.78. The number of urea groups is 1. The summed E-state index contributed by atoms with van der Waals surface area (Å²) in [6.45, 7) is 5.82. The normalized spacial score (nSPS) is 15.4. The van der Waals surface area contributed by atoms with Gasteiger partial charge in [-0.3, -0.25) is 9.59 Å². The van der Waals surface area contributed by atoms with Crippen molar-refractivity contribution in [3.05, 3.63) is 65.7 Å². The van der Waals surface area contributed by atoms with Crippen molar-refractivity contribution >= 4 is 17.8 Å². The van der Waals surface area contributed by atoms with Crippen LogP contribution in [0.25, 0.3) is 0 Å². The molecule has 4 N–H and O–H groups in total. The van der Waals surface area contributed by atoms with Crippen LogP contribution in [0.4, 0.5) is 4.79 Å². The average molecular weight is 509 g/mol. The second-order valence-electron chi connectivity index (χ2n) is 10.1. The van der Waals surface area contributed by atoms with E-state index in [0.29, 0.717) is 31.9 Å². The number of hydrogen-bond donors (Lipinski definition) is 3. The van der Waals surface area contributed by atoms with Crippen LogP contribution in [-0.4, -0.2) is 47.9 Å². The second kappa shape index (κ2) is 14.3. The number of carbonyl (C=O) groups is 3. The minimum absolute atomic E-state index is 0.177. The third-order valence-electron chi connectivity index (χ3n) is 6.49. The maximum absolute atomic E-state index is 13.2. The zero-order valence-corrected chi connectivity index (χ0v) is 21.9. The van der Waals surface area contributed by atoms with Crippen molar-refractivity contribution in [1.82, 2.24) is 15.5 Å². The van der Waals surface area contributed by atoms with Crippen LogP contribution in [0.15, 0.2) is 54.6 Å². The van der Waals surface area contributed by atoms with Crippen LogP contribution < -0.4 is 21.1 Å². The van der Waals surface area contributed by atoms with Crippen LogP contribution >= 0.6 is 0 Å². The molecule has 0 radical (unpaired) electrons. The highest BCUT2D eigenvalue weighted by Crippen LogP contribution is 2.16. The van der Waals surface area contributed by atoms with Gasteiger partial charge in [-0.1, -0.05) is 69.2 Å². The number of likely N-dealkylation sites (tertiary alicyclic amines) is 1. The molecule has 2 atom stereocenters. The SMILES string of the molecule is CC(C)C[C@H](NC(=O)N1CCCCCC1)C(=O)N[C@@H](Cc1ccc(OCc2ccccc2)cc1)C(N)=O. The Bertz CT molecular complexity index is 1000. The van der Waals surface area contributed by atoms with Gasteiger partial charge in [-0.25, -0.2) is 4.79 Å². The molecule has 3 rings (SSSR count). The highest BCUT2D eigenvalue weighted by Gasteiger charge is 2.28. The first-order valence-electron chi connectivity index (χ1n) is 13.2. The molecule has 1 heterocycles. The van der Waals surface area contributed by atoms with E-state index in [2.05, 4.69) is 10.6 Å². The summed E-state index contributed by atoms with van der Waals surface area (Å²) in [5.74, 6) is -0.139. The molecule has 37 heavy (non-hydrogen) atoms. The molecule has 0 spiro atoms. The minimum atomic E-state index is -0.895. The maximum atomic E-state index is 13.2. The maximum Gasteiger partial charge on any atom is 0.318 e. The van der Waals surface area contributed by atoms with Crippen LogP contribution in [0.3, 0.4) is 0 Å². The van der Waals surface area contributed by atoms with Crippen molar-refractivity contribution in [2.24, 2.45) is 11.7 Å². The van der Waals surface area contributed by atoms with Gasteiger partial charge in [0, 0.05) is 19.5 Å². The van der Waals surface area contributed by atoms with Gasteiger partial charge in [0.05, 0.1) is 0 Å². The third-order valence-corrected chi connectivity index (χ3v) is 6.49. The van der Waals surface area contributed by atoms with E-state index < -0.39 is 23.9 Å². The predicted molar refractivity (Wildman–Crippen MR) is 144 cm³/mol. The van der Waals surface area contributed by atoms with Gasteiger partial charge in [0.1, 0.15) is 24.4 Å². The van der Waals surface area contributed by atoms with Gasteiger partial charge < -0.3 is 26.0 Å². The van der Waals surface area contributed by atoms with Crippen molar-refractivity contribution < 1.29 is 19.1 Å². The first kappa shape index (κ1) is 28.0. The van der Waals surface area contributed by atoms with Gasteiger partial charge >= 0.3 is 6.03 Å². The highest BCUT2D eigenvalue weighted by atomic mass is 16.5. The molecule has 1 aliphatic heterocycles. The van der Waals surface area contributed by atoms with Crippen molar-refractivity contribution in [2.75, 3.05) is 13.1 Å². The summed E-state index contributed by atoms with van der Waals surface area (Å²) in [6.07, 6.45) is 4.86. The fraction of sp³-hybridized carbons (Fsp3) is 0.483. The number of carbonyl (C=O) groups excluding carboxylic acids is 3. The van der Waals surface area contributed by atoms with Gasteiger partial charge in [-0.2, -0.15) is 0 Å². The lowest BCUT2D eigenvalue weighted by Gasteiger charge is -2.27. The number of nitrogens with two attached hydrogens (primary N) is 1. The Hall–Kier alpha value is -3.55. The lowest BCUT2D eigenvalue weighted by molar-refractivity contribution is -0.128. The van der Waals surface area contributed by atoms with E-state index in [1.165, 1.54) is 0 Å². The number of benzene rings is 2. The number of amides is 4. The largest absolute Gasteiger partial charge is 0.489 e. The summed E-state index contributed by atoms with van der Waals surface area (Å²) in [4.78, 5) is 40.0. The third kappa shape index (κ3) is 9.44. The molecule has 0 unspecified atom stereocenters. The molecule has 8 heteroatoms. The molecule has 1 fully saturated rings. The number of primary amides is 1. The summed E-state index contributed by atoms with van der Waals surface area (Å²) >= 11 is 0. The first-order chi connectivity index (χ1) is 17.8. The molecule has 2 aromatic rings. The van der Waals surface area contributed by atoms with Gasteiger partial charge in [-0.15, -0.1) is 0 Å². The Morgan fingerprint density at radius 2 is 1.51 bits per heavy atom. The molecule has 1 aliphatic rings. The van der Waals surface area contributed by atoms with Gasteiger partial charge in [0.25, 0.3) is 0 Å². The molecule has 1 saturated heterocycles. The van der Waals surface area contributed by atoms with E-state index in [4.69, 9.17) is 10.5 Å². The summed E-state index contributed by atoms with van der Waals surface area (Å²) in [5.41, 5.74) is 7.55. The van der Waals surface area contributed by atoms with E-state index in [9.17, 15) is 14.4 Å². The zero-order valence-electron chi connectivity index (χ0n) is 21.9. The molecule has 2 aromatic carbocycles. The fourth-order valence-electron chi connectivity index (χ4n) is 4.41. The van der Waals surface area contributed by atoms with Crippen molar-refractivity contribution in [3.63, 3.8) is 0 Å². The molecule has 0 aromatic heterocycles. The van der Waals surface area contributed by atoms with Gasteiger partial charge in [0.2, 0.25) is 11.8 Å². The quantitative estimate of drug-likeness (QED) is 0.429. The summed E-state index contributed by atoms with van der Waals surface area (Å²) in [5, 5.41) is 5.67. The van der Waals surface area contributed by atoms with Crippen LogP contribution in [-0.2, 0) is 22.6 Å². The lowest BCUT2D eigenvalue weighted by atomic mass is 10.0. The Labute approximate surface area is 219 Å². The molecule has 8 nitrogen and oxygen atoms in total. The number of hydrogen-bond acceptors (Lipinski definition) is 4. The Morgan fingerprint density at radius 3 is 2.11 bits per heavy atom. The minimum Gasteiger partial charge on any atom is -0.489 e. The van der Waals surface area contributed by atoms with E-state index in [1.807, 2.05) is 68.4 Å². The molecule has 200 valence electrons. The summed E-state index contributed by atoms with van der Waals surface area (Å²) in [6, 6.07) is 15.4. The van der Waals surface area contributed by atoms with E-state index in [1.54, 1.807) is 4.90 Å². The second-order valence-corrected chi connectivity index (χ2v) is 10.1. The van der Waals surface area contributed by atoms with Crippen molar-refractivity contribution in [2.45, 2.75) is 71.1 Å². The number of nitrogens with one attached hydrogen (secondary N) is 2. The molecule has 0 saturated carbocycles. The molecule has 4 amide bonds. The van der Waals surface area contributed by atoms with E-state index >= 15 is 0 Å². The molecular formula is C29H40N4O4. The lowest BCUT2D eigenvalue weighted by Crippen LogP contribution is -2.56. The standard InChI is InChI=1S/C29H40N4O4/c1-21(2)18-26(32-29(36)33-16-8-3-4-9-17-33)28(35)31-25(27(30)34)19-22-12-14-24(15-13-22)37-20-23-10-6-5-7-11-23/h5-7,10-15,21,25-26H,3-4,8-9,16-20H2,1-2H3,(H2,30,34)(H,31,35)(H,32,36)/t25-,26-/m0/s1. The van der Waals surface area contributed by atoms with Crippen LogP contribution in [0.1, 0.15) is 57.1 Å². The van der Waals surface area contributed by atoms with Crippen molar-refractivity contribution in [1.29, 1.82) is 0 Å². The van der Waals surface area contributed by atoms with Crippen LogP contribution in [0, 0.1) is 5.92 Å². The topological polar surface area (TPSA) is 114 Å². The summed E-state index contributed by atoms with van der Waals surface area (Å²) in [7, 11) is 0. The van der Waals surface area contributed by atoms with E-state index in [0.717, 1.165) is 36.8 Å². The number of ether oxygens (including phenoxy) is 1. The number of rotatable bonds is 11. The van der Waals surface area contributed by atoms with Crippen molar-refractivity contribution in [3.8, 4) is 5.75 Å². The van der Waals surface area contributed by atoms with E-state index in [-0.39, 0.29) is 18.4 Å². The van der Waals surface area contributed by atoms with Gasteiger partial charge in [0.15, 0.2) is 0 Å². The Balaban J connectivity index is 1.59. The van der Waals surface area contributed by atoms with Gasteiger partial charge in [-0.05, 0) is 48.4 Å². The number of nitrogens with zero attached hydrogens (tertiary/aromatic N) is 1. The molecular weight excluding hydrogens is 468 g/mol. The smallest absolute Gasteiger partial charge is 0.318 e. The molecule has 0 bridgehead atoms. The van der Waals surface area contributed by atoms with Crippen LogP contribution in [0.2, 0.25) is 0 Å². The highest BCUT2D eigenvalue weighted by molar-refractivity contribution is 5.91. The fourth-order valence-corrected chi connectivity index (χ4v) is 4.41. The summed E-state index contributed by atoms with van der Waals surface area (Å²) < 4.78 is 5.82. The zero-order chi connectivity index (χ0) is 26.6. The molecule has 0 aliphatic carbocycles. The van der Waals surface area contributed by atoms with Crippen LogP contribution in [0.5, 0.6) is 5.75 Å². The Kier molecular flexibility index (Phi) is 10.8. The first-order valence-corrected chi connectivity index (χ1v) is 13.2. The average Bonchev–Trinajstić information content (AvgIpc) is 3.17. The Morgan fingerprint density at radius 1 is 0.865 bits per heavy atom. The monoisotopic (exact) mass is 508 g/mol.